The van der Waals surface area contributed by atoms with Crippen LogP contribution in [-0.2, 0) is 4.74 Å². The number of rotatable bonds is 3. The molecule has 3 rings (SSSR count). The van der Waals surface area contributed by atoms with Crippen molar-refractivity contribution in [3.05, 3.63) is 22.8 Å². The maximum Gasteiger partial charge on any atom is 0.161 e. The average molecular weight is 322 g/mol. The van der Waals surface area contributed by atoms with Gasteiger partial charge in [0.1, 0.15) is 11.9 Å². The van der Waals surface area contributed by atoms with Gasteiger partial charge in [0.25, 0.3) is 0 Å². The van der Waals surface area contributed by atoms with E-state index in [-0.39, 0.29) is 23.3 Å². The van der Waals surface area contributed by atoms with Gasteiger partial charge in [-0.25, -0.2) is 4.98 Å². The molecule has 2 unspecified atom stereocenters. The molecule has 1 aromatic heterocycles. The summed E-state index contributed by atoms with van der Waals surface area (Å²) >= 11 is 5.93. The number of hydrogen-bond donors (Lipinski definition) is 1. The van der Waals surface area contributed by atoms with Crippen LogP contribution in [0.2, 0.25) is 5.02 Å². The van der Waals surface area contributed by atoms with Gasteiger partial charge in [0.2, 0.25) is 0 Å². The lowest BCUT2D eigenvalue weighted by Gasteiger charge is -2.56. The van der Waals surface area contributed by atoms with Crippen molar-refractivity contribution in [2.75, 3.05) is 24.6 Å². The zero-order valence-corrected chi connectivity index (χ0v) is 13.4. The molecule has 0 aromatic carbocycles. The van der Waals surface area contributed by atoms with Crippen LogP contribution < -0.4 is 4.90 Å². The molecule has 1 saturated carbocycles. The van der Waals surface area contributed by atoms with E-state index in [1.807, 2.05) is 19.1 Å². The number of hydrogen-bond acceptors (Lipinski definition) is 5. The summed E-state index contributed by atoms with van der Waals surface area (Å²) < 4.78 is 5.78. The number of aromatic nitrogens is 1. The maximum absolute atomic E-state index is 10.2. The van der Waals surface area contributed by atoms with Gasteiger partial charge in [0, 0.05) is 31.5 Å². The van der Waals surface area contributed by atoms with Crippen LogP contribution in [-0.4, -0.2) is 42.0 Å². The molecule has 1 saturated heterocycles. The molecule has 118 valence electrons. The van der Waals surface area contributed by atoms with Crippen molar-refractivity contribution < 1.29 is 9.84 Å². The van der Waals surface area contributed by atoms with Gasteiger partial charge in [0.15, 0.2) is 5.69 Å². The molecule has 1 N–H and O–H groups in total. The van der Waals surface area contributed by atoms with E-state index in [0.29, 0.717) is 11.6 Å². The SMILES string of the molecule is CCOC1CC(O)C12CCN(c1ccc(Cl)c(C#N)n1)CC2. The van der Waals surface area contributed by atoms with E-state index in [0.717, 1.165) is 38.2 Å². The summed E-state index contributed by atoms with van der Waals surface area (Å²) in [5, 5.41) is 19.6. The first-order chi connectivity index (χ1) is 10.6. The van der Waals surface area contributed by atoms with Crippen LogP contribution >= 0.6 is 11.6 Å². The monoisotopic (exact) mass is 321 g/mol. The Morgan fingerprint density at radius 3 is 2.82 bits per heavy atom. The lowest BCUT2D eigenvalue weighted by Crippen LogP contribution is -2.62. The minimum Gasteiger partial charge on any atom is -0.392 e. The molecule has 6 heteroatoms. The standard InChI is InChI=1S/C16H20ClN3O2/c1-2-22-14-9-13(21)16(14)5-7-20(8-6-16)15-4-3-11(17)12(10-18)19-15/h3-4,13-14,21H,2,5-9H2,1H3. The van der Waals surface area contributed by atoms with Crippen molar-refractivity contribution in [1.29, 1.82) is 5.26 Å². The topological polar surface area (TPSA) is 69.4 Å². The van der Waals surface area contributed by atoms with Crippen LogP contribution in [0.5, 0.6) is 0 Å². The molecule has 1 aromatic rings. The van der Waals surface area contributed by atoms with E-state index >= 15 is 0 Å². The number of nitrogens with zero attached hydrogens (tertiary/aromatic N) is 3. The number of ether oxygens (including phenoxy) is 1. The molecule has 5 nitrogen and oxygen atoms in total. The lowest BCUT2D eigenvalue weighted by molar-refractivity contribution is -0.199. The van der Waals surface area contributed by atoms with Gasteiger partial charge in [-0.05, 0) is 31.9 Å². The number of halogens is 1. The van der Waals surface area contributed by atoms with Gasteiger partial charge >= 0.3 is 0 Å². The summed E-state index contributed by atoms with van der Waals surface area (Å²) in [4.78, 5) is 6.47. The van der Waals surface area contributed by atoms with Gasteiger partial charge in [-0.15, -0.1) is 0 Å². The summed E-state index contributed by atoms with van der Waals surface area (Å²) in [6, 6.07) is 5.58. The van der Waals surface area contributed by atoms with Crippen molar-refractivity contribution in [2.45, 2.75) is 38.4 Å². The molecule has 1 aliphatic carbocycles. The second kappa shape index (κ2) is 6.04. The maximum atomic E-state index is 10.2. The molecule has 0 bridgehead atoms. The molecule has 2 fully saturated rings. The third kappa shape index (κ3) is 2.45. The Balaban J connectivity index is 1.71. The van der Waals surface area contributed by atoms with Crippen LogP contribution in [0.3, 0.4) is 0 Å². The molecule has 0 radical (unpaired) electrons. The minimum atomic E-state index is -0.265. The highest BCUT2D eigenvalue weighted by Crippen LogP contribution is 2.51. The largest absolute Gasteiger partial charge is 0.392 e. The number of anilines is 1. The Bertz CT molecular complexity index is 592. The smallest absolute Gasteiger partial charge is 0.161 e. The lowest BCUT2D eigenvalue weighted by atomic mass is 9.58. The van der Waals surface area contributed by atoms with Gasteiger partial charge in [-0.1, -0.05) is 11.6 Å². The molecule has 0 amide bonds. The van der Waals surface area contributed by atoms with Gasteiger partial charge in [-0.3, -0.25) is 0 Å². The predicted octanol–water partition coefficient (Wildman–Crippen LogP) is 2.36. The van der Waals surface area contributed by atoms with E-state index in [1.54, 1.807) is 6.07 Å². The summed E-state index contributed by atoms with van der Waals surface area (Å²) in [6.45, 7) is 4.29. The zero-order chi connectivity index (χ0) is 15.7. The van der Waals surface area contributed by atoms with Crippen molar-refractivity contribution in [2.24, 2.45) is 5.41 Å². The summed E-state index contributed by atoms with van der Waals surface area (Å²) in [6.07, 6.45) is 2.41. The highest BCUT2D eigenvalue weighted by atomic mass is 35.5. The zero-order valence-electron chi connectivity index (χ0n) is 12.6. The van der Waals surface area contributed by atoms with Crippen LogP contribution in [0.1, 0.15) is 31.9 Å². The predicted molar refractivity (Wildman–Crippen MR) is 83.9 cm³/mol. The molecule has 22 heavy (non-hydrogen) atoms. The Labute approximate surface area is 135 Å². The minimum absolute atomic E-state index is 0.100. The number of aliphatic hydroxyl groups excluding tert-OH is 1. The van der Waals surface area contributed by atoms with Crippen molar-refractivity contribution >= 4 is 17.4 Å². The first-order valence-corrected chi connectivity index (χ1v) is 8.10. The van der Waals surface area contributed by atoms with Gasteiger partial charge in [-0.2, -0.15) is 5.26 Å². The van der Waals surface area contributed by atoms with Gasteiger partial charge < -0.3 is 14.7 Å². The Morgan fingerprint density at radius 1 is 1.50 bits per heavy atom. The Kier molecular flexibility index (Phi) is 4.26. The van der Waals surface area contributed by atoms with Crippen LogP contribution in [0.4, 0.5) is 5.82 Å². The third-order valence-corrected chi connectivity index (χ3v) is 5.37. The Morgan fingerprint density at radius 2 is 2.23 bits per heavy atom. The van der Waals surface area contributed by atoms with Crippen molar-refractivity contribution in [3.63, 3.8) is 0 Å². The summed E-state index contributed by atoms with van der Waals surface area (Å²) in [5.74, 6) is 0.776. The van der Waals surface area contributed by atoms with E-state index in [4.69, 9.17) is 21.6 Å². The quantitative estimate of drug-likeness (QED) is 0.925. The summed E-state index contributed by atoms with van der Waals surface area (Å²) in [7, 11) is 0. The number of aliphatic hydroxyl groups is 1. The third-order valence-electron chi connectivity index (χ3n) is 5.07. The Hall–Kier alpha value is -1.35. The van der Waals surface area contributed by atoms with Crippen LogP contribution in [0, 0.1) is 16.7 Å². The fourth-order valence-electron chi connectivity index (χ4n) is 3.66. The van der Waals surface area contributed by atoms with Crippen LogP contribution in [0.15, 0.2) is 12.1 Å². The fourth-order valence-corrected chi connectivity index (χ4v) is 3.80. The molecular formula is C16H20ClN3O2. The van der Waals surface area contributed by atoms with E-state index in [1.165, 1.54) is 0 Å². The van der Waals surface area contributed by atoms with Gasteiger partial charge in [0.05, 0.1) is 17.2 Å². The second-order valence-electron chi connectivity index (χ2n) is 6.03. The highest BCUT2D eigenvalue weighted by molar-refractivity contribution is 6.31. The highest BCUT2D eigenvalue weighted by Gasteiger charge is 2.56. The number of piperidine rings is 1. The number of nitriles is 1. The molecular weight excluding hydrogens is 302 g/mol. The summed E-state index contributed by atoms with van der Waals surface area (Å²) in [5.41, 5.74) is 0.159. The second-order valence-corrected chi connectivity index (χ2v) is 6.43. The molecule has 1 aliphatic heterocycles. The molecule has 2 aliphatic rings. The first-order valence-electron chi connectivity index (χ1n) is 7.72. The van der Waals surface area contributed by atoms with E-state index in [2.05, 4.69) is 9.88 Å². The first kappa shape index (κ1) is 15.5. The van der Waals surface area contributed by atoms with E-state index < -0.39 is 0 Å². The normalized spacial score (nSPS) is 26.5. The molecule has 1 spiro atoms. The fraction of sp³-hybridized carbons (Fsp3) is 0.625. The number of pyridine rings is 1. The molecule has 2 atom stereocenters. The van der Waals surface area contributed by atoms with Crippen molar-refractivity contribution in [3.8, 4) is 6.07 Å². The van der Waals surface area contributed by atoms with Crippen molar-refractivity contribution in [1.82, 2.24) is 4.98 Å². The van der Waals surface area contributed by atoms with Crippen LogP contribution in [0.25, 0.3) is 0 Å². The molecule has 2 heterocycles. The average Bonchev–Trinajstić information content (AvgIpc) is 2.55. The van der Waals surface area contributed by atoms with E-state index in [9.17, 15) is 5.11 Å².